The van der Waals surface area contributed by atoms with Crippen molar-refractivity contribution in [2.24, 2.45) is 0 Å². The molecular formula is C11H12F3NO4S. The molecule has 1 aromatic carbocycles. The zero-order chi connectivity index (χ0) is 15.7. The predicted molar refractivity (Wildman–Crippen MR) is 63.6 cm³/mol. The Balaban J connectivity index is 3.16. The van der Waals surface area contributed by atoms with Crippen molar-refractivity contribution in [1.29, 1.82) is 0 Å². The van der Waals surface area contributed by atoms with E-state index < -0.39 is 38.7 Å². The largest absolute Gasteiger partial charge is 0.480 e. The van der Waals surface area contributed by atoms with Crippen LogP contribution in [-0.2, 0) is 21.0 Å². The van der Waals surface area contributed by atoms with Gasteiger partial charge in [0.05, 0.1) is 10.5 Å². The van der Waals surface area contributed by atoms with Crippen LogP contribution in [0.25, 0.3) is 0 Å². The molecule has 0 heterocycles. The molecule has 0 aliphatic carbocycles. The molecular weight excluding hydrogens is 299 g/mol. The predicted octanol–water partition coefficient (Wildman–Crippen LogP) is 1.77. The molecule has 1 rings (SSSR count). The fraction of sp³-hybridized carbons (Fsp3) is 0.364. The van der Waals surface area contributed by atoms with E-state index >= 15 is 0 Å². The summed E-state index contributed by atoms with van der Waals surface area (Å²) >= 11 is 0. The Morgan fingerprint density at radius 3 is 2.30 bits per heavy atom. The topological polar surface area (TPSA) is 83.5 Å². The van der Waals surface area contributed by atoms with E-state index in [1.165, 1.54) is 0 Å². The number of nitrogens with one attached hydrogen (secondary N) is 1. The zero-order valence-electron chi connectivity index (χ0n) is 10.5. The first-order chi connectivity index (χ1) is 8.95. The first-order valence-electron chi connectivity index (χ1n) is 5.38. The van der Waals surface area contributed by atoms with Crippen LogP contribution >= 0.6 is 0 Å². The van der Waals surface area contributed by atoms with Crippen LogP contribution < -0.4 is 4.72 Å². The molecule has 0 amide bonds. The number of carboxylic acid groups (broad SMARTS) is 1. The van der Waals surface area contributed by atoms with Crippen molar-refractivity contribution in [3.8, 4) is 0 Å². The second kappa shape index (κ2) is 5.41. The van der Waals surface area contributed by atoms with Crippen LogP contribution in [-0.4, -0.2) is 25.5 Å². The molecule has 112 valence electrons. The first kappa shape index (κ1) is 16.4. The number of hydrogen-bond donors (Lipinski definition) is 2. The zero-order valence-corrected chi connectivity index (χ0v) is 11.3. The molecule has 2 N–H and O–H groups in total. The molecule has 0 fully saturated rings. The summed E-state index contributed by atoms with van der Waals surface area (Å²) in [6.07, 6.45) is -4.58. The maximum atomic E-state index is 12.6. The maximum Gasteiger partial charge on any atom is 0.416 e. The highest BCUT2D eigenvalue weighted by Crippen LogP contribution is 2.32. The second-order valence-electron chi connectivity index (χ2n) is 4.16. The van der Waals surface area contributed by atoms with Gasteiger partial charge in [-0.1, -0.05) is 0 Å². The lowest BCUT2D eigenvalue weighted by Gasteiger charge is -2.13. The second-order valence-corrected chi connectivity index (χ2v) is 5.87. The minimum atomic E-state index is -4.58. The van der Waals surface area contributed by atoms with Crippen molar-refractivity contribution in [1.82, 2.24) is 4.72 Å². The Kier molecular flexibility index (Phi) is 4.45. The first-order valence-corrected chi connectivity index (χ1v) is 6.86. The summed E-state index contributed by atoms with van der Waals surface area (Å²) < 4.78 is 63.1. The molecule has 0 spiro atoms. The third kappa shape index (κ3) is 3.70. The van der Waals surface area contributed by atoms with Crippen LogP contribution in [0, 0.1) is 6.92 Å². The highest BCUT2D eigenvalue weighted by molar-refractivity contribution is 7.89. The molecule has 0 bridgehead atoms. The van der Waals surface area contributed by atoms with Crippen molar-refractivity contribution in [2.45, 2.75) is 31.0 Å². The quantitative estimate of drug-likeness (QED) is 0.887. The number of hydrogen-bond acceptors (Lipinski definition) is 3. The Hall–Kier alpha value is -1.61. The monoisotopic (exact) mass is 311 g/mol. The van der Waals surface area contributed by atoms with Crippen LogP contribution in [0.15, 0.2) is 23.1 Å². The number of aryl methyl sites for hydroxylation is 1. The SMILES string of the molecule is Cc1cc(S(=O)(=O)NC(C)C(=O)O)ccc1C(F)(F)F. The summed E-state index contributed by atoms with van der Waals surface area (Å²) in [6, 6.07) is 0.893. The van der Waals surface area contributed by atoms with E-state index in [2.05, 4.69) is 0 Å². The average molecular weight is 311 g/mol. The molecule has 0 saturated carbocycles. The number of carbonyl (C=O) groups is 1. The summed E-state index contributed by atoms with van der Waals surface area (Å²) in [7, 11) is -4.19. The van der Waals surface area contributed by atoms with Gasteiger partial charge in [-0.15, -0.1) is 0 Å². The molecule has 0 aliphatic heterocycles. The van der Waals surface area contributed by atoms with Gasteiger partial charge in [0.25, 0.3) is 0 Å². The average Bonchev–Trinajstić information content (AvgIpc) is 2.26. The van der Waals surface area contributed by atoms with Crippen molar-refractivity contribution < 1.29 is 31.5 Å². The van der Waals surface area contributed by atoms with Crippen LogP contribution in [0.3, 0.4) is 0 Å². The third-order valence-corrected chi connectivity index (χ3v) is 4.05. The molecule has 0 saturated heterocycles. The summed E-state index contributed by atoms with van der Waals surface area (Å²) in [5.41, 5.74) is -1.20. The molecule has 0 radical (unpaired) electrons. The van der Waals surface area contributed by atoms with Gasteiger partial charge in [-0.2, -0.15) is 17.9 Å². The third-order valence-electron chi connectivity index (χ3n) is 2.52. The van der Waals surface area contributed by atoms with Gasteiger partial charge in [0.15, 0.2) is 0 Å². The Labute approximate surface area is 113 Å². The van der Waals surface area contributed by atoms with E-state index in [0.717, 1.165) is 26.0 Å². The summed E-state index contributed by atoms with van der Waals surface area (Å²) in [5.74, 6) is -1.39. The number of halogens is 3. The maximum absolute atomic E-state index is 12.6. The molecule has 20 heavy (non-hydrogen) atoms. The molecule has 9 heteroatoms. The summed E-state index contributed by atoms with van der Waals surface area (Å²) in [4.78, 5) is 10.2. The van der Waals surface area contributed by atoms with Gasteiger partial charge in [0.2, 0.25) is 10.0 Å². The highest BCUT2D eigenvalue weighted by Gasteiger charge is 2.33. The van der Waals surface area contributed by atoms with E-state index in [0.29, 0.717) is 6.07 Å². The van der Waals surface area contributed by atoms with Gasteiger partial charge < -0.3 is 5.11 Å². The lowest BCUT2D eigenvalue weighted by atomic mass is 10.1. The number of sulfonamides is 1. The standard InChI is InChI=1S/C11H12F3NO4S/c1-6-5-8(3-4-9(6)11(12,13)14)20(18,19)15-7(2)10(16)17/h3-5,7,15H,1-2H3,(H,16,17). The number of rotatable bonds is 4. The number of benzene rings is 1. The smallest absolute Gasteiger partial charge is 0.416 e. The number of aliphatic carboxylic acids is 1. The van der Waals surface area contributed by atoms with E-state index in [4.69, 9.17) is 5.11 Å². The van der Waals surface area contributed by atoms with Crippen LogP contribution in [0.5, 0.6) is 0 Å². The minimum Gasteiger partial charge on any atom is -0.480 e. The van der Waals surface area contributed by atoms with Gasteiger partial charge in [0, 0.05) is 0 Å². The summed E-state index contributed by atoms with van der Waals surface area (Å²) in [5, 5.41) is 8.62. The minimum absolute atomic E-state index is 0.261. The van der Waals surface area contributed by atoms with Crippen LogP contribution in [0.4, 0.5) is 13.2 Å². The van der Waals surface area contributed by atoms with Crippen molar-refractivity contribution in [3.05, 3.63) is 29.3 Å². The summed E-state index contributed by atoms with van der Waals surface area (Å²) in [6.45, 7) is 2.24. The molecule has 1 aromatic rings. The van der Waals surface area contributed by atoms with Gasteiger partial charge >= 0.3 is 12.1 Å². The lowest BCUT2D eigenvalue weighted by molar-refractivity contribution is -0.139. The van der Waals surface area contributed by atoms with E-state index in [1.54, 1.807) is 0 Å². The Morgan fingerprint density at radius 2 is 1.90 bits per heavy atom. The number of carboxylic acids is 1. The Morgan fingerprint density at radius 1 is 1.35 bits per heavy atom. The highest BCUT2D eigenvalue weighted by atomic mass is 32.2. The molecule has 5 nitrogen and oxygen atoms in total. The van der Waals surface area contributed by atoms with Gasteiger partial charge in [0.1, 0.15) is 6.04 Å². The van der Waals surface area contributed by atoms with Crippen molar-refractivity contribution >= 4 is 16.0 Å². The van der Waals surface area contributed by atoms with Gasteiger partial charge in [-0.25, -0.2) is 8.42 Å². The molecule has 0 aromatic heterocycles. The van der Waals surface area contributed by atoms with Crippen LogP contribution in [0.1, 0.15) is 18.1 Å². The van der Waals surface area contributed by atoms with Gasteiger partial charge in [-0.3, -0.25) is 4.79 Å². The Bertz CT molecular complexity index is 625. The molecule has 1 unspecified atom stereocenters. The number of alkyl halides is 3. The van der Waals surface area contributed by atoms with E-state index in [9.17, 15) is 26.4 Å². The normalized spacial score (nSPS) is 14.1. The fourth-order valence-electron chi connectivity index (χ4n) is 1.47. The van der Waals surface area contributed by atoms with E-state index in [1.807, 2.05) is 4.72 Å². The van der Waals surface area contributed by atoms with Gasteiger partial charge in [-0.05, 0) is 37.6 Å². The molecule has 1 atom stereocenters. The van der Waals surface area contributed by atoms with Crippen LogP contribution in [0.2, 0.25) is 0 Å². The van der Waals surface area contributed by atoms with Crippen molar-refractivity contribution in [3.63, 3.8) is 0 Å². The molecule has 0 aliphatic rings. The lowest BCUT2D eigenvalue weighted by Crippen LogP contribution is -2.38. The fourth-order valence-corrected chi connectivity index (χ4v) is 2.75. The van der Waals surface area contributed by atoms with Crippen molar-refractivity contribution in [2.75, 3.05) is 0 Å². The van der Waals surface area contributed by atoms with E-state index in [-0.39, 0.29) is 5.56 Å².